The predicted octanol–water partition coefficient (Wildman–Crippen LogP) is 3.88. The van der Waals surface area contributed by atoms with E-state index in [2.05, 4.69) is 19.2 Å². The van der Waals surface area contributed by atoms with E-state index in [-0.39, 0.29) is 5.82 Å². The number of hydrogen-bond acceptors (Lipinski definition) is 1. The van der Waals surface area contributed by atoms with Crippen molar-refractivity contribution in [2.45, 2.75) is 20.3 Å². The molecule has 0 fully saturated rings. The van der Waals surface area contributed by atoms with Crippen molar-refractivity contribution >= 4 is 17.7 Å². The highest BCUT2D eigenvalue weighted by Crippen LogP contribution is 2.17. The van der Waals surface area contributed by atoms with Crippen molar-refractivity contribution in [3.8, 4) is 0 Å². The minimum atomic E-state index is -0.269. The molecule has 0 bridgehead atoms. The molecule has 1 aromatic carbocycles. The van der Waals surface area contributed by atoms with Gasteiger partial charge < -0.3 is 5.32 Å². The lowest BCUT2D eigenvalue weighted by Crippen LogP contribution is -2.15. The second-order valence-electron chi connectivity index (χ2n) is 3.60. The lowest BCUT2D eigenvalue weighted by Gasteiger charge is -2.06. The van der Waals surface area contributed by atoms with Crippen molar-refractivity contribution in [2.24, 2.45) is 0 Å². The molecule has 0 aliphatic heterocycles. The van der Waals surface area contributed by atoms with Crippen LogP contribution in [0.15, 0.2) is 23.8 Å². The molecule has 0 heterocycles. The highest BCUT2D eigenvalue weighted by molar-refractivity contribution is 6.30. The van der Waals surface area contributed by atoms with Crippen LogP contribution in [0.2, 0.25) is 5.02 Å². The summed E-state index contributed by atoms with van der Waals surface area (Å²) in [5.74, 6) is -0.269. The van der Waals surface area contributed by atoms with Crippen molar-refractivity contribution in [2.75, 3.05) is 13.1 Å². The van der Waals surface area contributed by atoms with E-state index in [9.17, 15) is 4.39 Å². The summed E-state index contributed by atoms with van der Waals surface area (Å²) in [5, 5.41) is 3.66. The van der Waals surface area contributed by atoms with Crippen molar-refractivity contribution in [3.63, 3.8) is 0 Å². The maximum absolute atomic E-state index is 13.5. The molecule has 0 saturated heterocycles. The van der Waals surface area contributed by atoms with E-state index in [0.29, 0.717) is 10.6 Å². The smallest absolute Gasteiger partial charge is 0.131 e. The molecular weight excluding hydrogens is 225 g/mol. The highest BCUT2D eigenvalue weighted by atomic mass is 35.5. The van der Waals surface area contributed by atoms with Gasteiger partial charge in [-0.3, -0.25) is 0 Å². The van der Waals surface area contributed by atoms with Gasteiger partial charge in [-0.1, -0.05) is 43.2 Å². The number of likely N-dealkylation sites (N-methyl/N-ethyl adjacent to an activating group) is 1. The molecule has 0 aliphatic rings. The Morgan fingerprint density at radius 1 is 1.44 bits per heavy atom. The van der Waals surface area contributed by atoms with Gasteiger partial charge in [0.15, 0.2) is 0 Å². The van der Waals surface area contributed by atoms with Crippen LogP contribution in [-0.4, -0.2) is 13.1 Å². The fourth-order valence-corrected chi connectivity index (χ4v) is 1.56. The van der Waals surface area contributed by atoms with E-state index in [1.165, 1.54) is 11.6 Å². The van der Waals surface area contributed by atoms with Gasteiger partial charge in [-0.15, -0.1) is 0 Å². The maximum Gasteiger partial charge on any atom is 0.131 e. The van der Waals surface area contributed by atoms with Crippen LogP contribution in [0, 0.1) is 5.82 Å². The van der Waals surface area contributed by atoms with Gasteiger partial charge in [-0.25, -0.2) is 4.39 Å². The summed E-state index contributed by atoms with van der Waals surface area (Å²) in [7, 11) is 0. The third kappa shape index (κ3) is 3.95. The largest absolute Gasteiger partial charge is 0.313 e. The van der Waals surface area contributed by atoms with Gasteiger partial charge in [0.2, 0.25) is 0 Å². The van der Waals surface area contributed by atoms with Gasteiger partial charge in [-0.05, 0) is 25.1 Å². The number of hydrogen-bond donors (Lipinski definition) is 1. The summed E-state index contributed by atoms with van der Waals surface area (Å²) in [6.45, 7) is 5.84. The van der Waals surface area contributed by atoms with Crippen molar-refractivity contribution < 1.29 is 4.39 Å². The van der Waals surface area contributed by atoms with Crippen LogP contribution in [-0.2, 0) is 0 Å². The average Bonchev–Trinajstić information content (AvgIpc) is 2.27. The summed E-state index contributed by atoms with van der Waals surface area (Å²) in [6.07, 6.45) is 2.80. The van der Waals surface area contributed by atoms with Crippen molar-refractivity contribution in [1.82, 2.24) is 5.32 Å². The van der Waals surface area contributed by atoms with Crippen LogP contribution >= 0.6 is 11.6 Å². The molecule has 0 unspecified atom stereocenters. The SMILES string of the molecule is CCNC/C(=C/c1ccc(Cl)cc1F)CC. The van der Waals surface area contributed by atoms with Crippen molar-refractivity contribution in [3.05, 3.63) is 40.2 Å². The molecule has 0 amide bonds. The first-order valence-corrected chi connectivity index (χ1v) is 5.90. The first kappa shape index (κ1) is 13.2. The summed E-state index contributed by atoms with van der Waals surface area (Å²) in [4.78, 5) is 0. The Morgan fingerprint density at radius 3 is 2.75 bits per heavy atom. The monoisotopic (exact) mass is 241 g/mol. The molecule has 1 rings (SSSR count). The van der Waals surface area contributed by atoms with E-state index >= 15 is 0 Å². The van der Waals surface area contributed by atoms with E-state index in [1.807, 2.05) is 6.08 Å². The molecule has 0 aliphatic carbocycles. The molecule has 0 aromatic heterocycles. The fraction of sp³-hybridized carbons (Fsp3) is 0.385. The number of halogens is 2. The average molecular weight is 242 g/mol. The maximum atomic E-state index is 13.5. The van der Waals surface area contributed by atoms with E-state index in [4.69, 9.17) is 11.6 Å². The van der Waals surface area contributed by atoms with Gasteiger partial charge in [0.1, 0.15) is 5.82 Å². The minimum Gasteiger partial charge on any atom is -0.313 e. The Morgan fingerprint density at radius 2 is 2.19 bits per heavy atom. The van der Waals surface area contributed by atoms with Crippen LogP contribution in [0.25, 0.3) is 6.08 Å². The minimum absolute atomic E-state index is 0.269. The molecule has 0 spiro atoms. The molecule has 0 saturated carbocycles. The van der Waals surface area contributed by atoms with Crippen LogP contribution in [0.1, 0.15) is 25.8 Å². The topological polar surface area (TPSA) is 12.0 Å². The van der Waals surface area contributed by atoms with Gasteiger partial charge in [0.25, 0.3) is 0 Å². The third-order valence-electron chi connectivity index (χ3n) is 2.38. The van der Waals surface area contributed by atoms with Crippen LogP contribution < -0.4 is 5.32 Å². The quantitative estimate of drug-likeness (QED) is 0.825. The molecule has 1 aromatic rings. The van der Waals surface area contributed by atoms with Crippen LogP contribution in [0.4, 0.5) is 4.39 Å². The van der Waals surface area contributed by atoms with Crippen LogP contribution in [0.5, 0.6) is 0 Å². The lowest BCUT2D eigenvalue weighted by molar-refractivity contribution is 0.625. The Hall–Kier alpha value is -0.860. The number of benzene rings is 1. The summed E-state index contributed by atoms with van der Waals surface area (Å²) in [5.41, 5.74) is 1.78. The molecule has 0 atom stereocenters. The standard InChI is InChI=1S/C13H17ClFN/c1-3-10(9-16-4-2)7-11-5-6-12(14)8-13(11)15/h5-8,16H,3-4,9H2,1-2H3/b10-7+. The fourth-order valence-electron chi connectivity index (χ4n) is 1.40. The second-order valence-corrected chi connectivity index (χ2v) is 4.04. The summed E-state index contributed by atoms with van der Waals surface area (Å²) >= 11 is 5.70. The van der Waals surface area contributed by atoms with Crippen LogP contribution in [0.3, 0.4) is 0 Å². The Bertz CT molecular complexity index is 374. The Balaban J connectivity index is 2.86. The molecule has 1 nitrogen and oxygen atoms in total. The van der Waals surface area contributed by atoms with Gasteiger partial charge in [0, 0.05) is 17.1 Å². The molecule has 88 valence electrons. The first-order valence-electron chi connectivity index (χ1n) is 5.52. The zero-order valence-corrected chi connectivity index (χ0v) is 10.4. The summed E-state index contributed by atoms with van der Waals surface area (Å²) < 4.78 is 13.5. The first-order chi connectivity index (χ1) is 7.67. The number of nitrogens with one attached hydrogen (secondary N) is 1. The van der Waals surface area contributed by atoms with Gasteiger partial charge in [0.05, 0.1) is 0 Å². The lowest BCUT2D eigenvalue weighted by atomic mass is 10.1. The summed E-state index contributed by atoms with van der Waals surface area (Å²) in [6, 6.07) is 4.75. The highest BCUT2D eigenvalue weighted by Gasteiger charge is 2.01. The molecular formula is C13H17ClFN. The molecule has 3 heteroatoms. The third-order valence-corrected chi connectivity index (χ3v) is 2.61. The Kier molecular flexibility index (Phi) is 5.50. The molecule has 0 radical (unpaired) electrons. The zero-order chi connectivity index (χ0) is 12.0. The van der Waals surface area contributed by atoms with Crippen molar-refractivity contribution in [1.29, 1.82) is 0 Å². The molecule has 16 heavy (non-hydrogen) atoms. The zero-order valence-electron chi connectivity index (χ0n) is 9.69. The normalized spacial score (nSPS) is 11.9. The molecule has 1 N–H and O–H groups in total. The van der Waals surface area contributed by atoms with Gasteiger partial charge in [-0.2, -0.15) is 0 Å². The van der Waals surface area contributed by atoms with E-state index in [1.54, 1.807) is 12.1 Å². The second kappa shape index (κ2) is 6.66. The predicted molar refractivity (Wildman–Crippen MR) is 68.2 cm³/mol. The number of rotatable bonds is 5. The van der Waals surface area contributed by atoms with E-state index in [0.717, 1.165) is 19.5 Å². The van der Waals surface area contributed by atoms with Gasteiger partial charge >= 0.3 is 0 Å². The van der Waals surface area contributed by atoms with E-state index < -0.39 is 0 Å². The Labute approximate surface area is 101 Å².